The Labute approximate surface area is 104 Å². The predicted molar refractivity (Wildman–Crippen MR) is 69.6 cm³/mol. The predicted octanol–water partition coefficient (Wildman–Crippen LogP) is 1.55. The van der Waals surface area contributed by atoms with E-state index >= 15 is 0 Å². The molecule has 17 heavy (non-hydrogen) atoms. The summed E-state index contributed by atoms with van der Waals surface area (Å²) in [7, 11) is 1.93. The summed E-state index contributed by atoms with van der Waals surface area (Å²) in [5.41, 5.74) is 1.21. The fourth-order valence-electron chi connectivity index (χ4n) is 2.14. The van der Waals surface area contributed by atoms with Gasteiger partial charge in [0.05, 0.1) is 6.20 Å². The maximum Gasteiger partial charge on any atom is 0.0534 e. The summed E-state index contributed by atoms with van der Waals surface area (Å²) in [6, 6.07) is 0. The van der Waals surface area contributed by atoms with Crippen LogP contribution >= 0.6 is 0 Å². The Morgan fingerprint density at radius 3 is 2.76 bits per heavy atom. The molecule has 0 saturated heterocycles. The number of nitrogens with one attached hydrogen (secondary N) is 1. The van der Waals surface area contributed by atoms with Crippen molar-refractivity contribution in [2.45, 2.75) is 33.2 Å². The summed E-state index contributed by atoms with van der Waals surface area (Å²) < 4.78 is 1.82. The molecule has 4 heteroatoms. The van der Waals surface area contributed by atoms with Gasteiger partial charge >= 0.3 is 0 Å². The minimum Gasteiger partial charge on any atom is -0.396 e. The molecule has 1 aromatic heterocycles. The molecule has 0 amide bonds. The van der Waals surface area contributed by atoms with Crippen LogP contribution in [0.3, 0.4) is 0 Å². The molecule has 1 unspecified atom stereocenters. The van der Waals surface area contributed by atoms with Gasteiger partial charge in [0.2, 0.25) is 0 Å². The number of hydrogen-bond acceptors (Lipinski definition) is 3. The third-order valence-electron chi connectivity index (χ3n) is 2.86. The first kappa shape index (κ1) is 14.2. The number of rotatable bonds is 8. The van der Waals surface area contributed by atoms with Crippen molar-refractivity contribution < 1.29 is 5.11 Å². The topological polar surface area (TPSA) is 50.1 Å². The van der Waals surface area contributed by atoms with Crippen molar-refractivity contribution in [1.82, 2.24) is 15.1 Å². The molecular formula is C13H25N3O. The van der Waals surface area contributed by atoms with E-state index in [0.29, 0.717) is 11.8 Å². The molecule has 1 aromatic rings. The van der Waals surface area contributed by atoms with Crippen LogP contribution in [0, 0.1) is 11.8 Å². The second-order valence-electron chi connectivity index (χ2n) is 5.16. The van der Waals surface area contributed by atoms with Crippen molar-refractivity contribution in [2.24, 2.45) is 18.9 Å². The molecule has 0 aliphatic carbocycles. The Morgan fingerprint density at radius 1 is 1.47 bits per heavy atom. The number of nitrogens with zero attached hydrogens (tertiary/aromatic N) is 2. The lowest BCUT2D eigenvalue weighted by Crippen LogP contribution is -2.24. The van der Waals surface area contributed by atoms with Gasteiger partial charge in [-0.25, -0.2) is 0 Å². The lowest BCUT2D eigenvalue weighted by Gasteiger charge is -2.18. The molecule has 0 aliphatic rings. The minimum atomic E-state index is 0.284. The van der Waals surface area contributed by atoms with Crippen molar-refractivity contribution >= 4 is 0 Å². The molecule has 2 N–H and O–H groups in total. The van der Waals surface area contributed by atoms with Gasteiger partial charge in [0, 0.05) is 32.0 Å². The molecule has 1 atom stereocenters. The molecule has 0 saturated carbocycles. The van der Waals surface area contributed by atoms with Gasteiger partial charge in [0.1, 0.15) is 0 Å². The normalized spacial score (nSPS) is 13.2. The summed E-state index contributed by atoms with van der Waals surface area (Å²) in [6.07, 6.45) is 5.96. The average molecular weight is 239 g/mol. The van der Waals surface area contributed by atoms with Crippen LogP contribution < -0.4 is 5.32 Å². The summed E-state index contributed by atoms with van der Waals surface area (Å²) in [4.78, 5) is 0. The van der Waals surface area contributed by atoms with E-state index in [4.69, 9.17) is 5.11 Å². The average Bonchev–Trinajstić information content (AvgIpc) is 2.63. The molecule has 0 radical (unpaired) electrons. The van der Waals surface area contributed by atoms with Crippen LogP contribution in [0.25, 0.3) is 0 Å². The molecule has 0 aliphatic heterocycles. The van der Waals surface area contributed by atoms with Gasteiger partial charge in [0.15, 0.2) is 0 Å². The van der Waals surface area contributed by atoms with Crippen molar-refractivity contribution in [3.63, 3.8) is 0 Å². The van der Waals surface area contributed by atoms with Gasteiger partial charge < -0.3 is 10.4 Å². The van der Waals surface area contributed by atoms with Crippen LogP contribution in [0.15, 0.2) is 12.4 Å². The summed E-state index contributed by atoms with van der Waals surface area (Å²) in [6.45, 7) is 6.56. The number of hydrogen-bond donors (Lipinski definition) is 2. The third kappa shape index (κ3) is 5.84. The molecule has 0 spiro atoms. The number of aromatic nitrogens is 2. The zero-order valence-electron chi connectivity index (χ0n) is 11.2. The van der Waals surface area contributed by atoms with Gasteiger partial charge in [0.25, 0.3) is 0 Å². The zero-order valence-corrected chi connectivity index (χ0v) is 11.2. The highest BCUT2D eigenvalue weighted by Crippen LogP contribution is 2.14. The van der Waals surface area contributed by atoms with Crippen LogP contribution in [0.2, 0.25) is 0 Å². The first-order valence-corrected chi connectivity index (χ1v) is 6.41. The maximum atomic E-state index is 9.03. The highest BCUT2D eigenvalue weighted by atomic mass is 16.3. The van der Waals surface area contributed by atoms with E-state index < -0.39 is 0 Å². The zero-order chi connectivity index (χ0) is 12.7. The van der Waals surface area contributed by atoms with E-state index in [2.05, 4.69) is 24.3 Å². The van der Waals surface area contributed by atoms with E-state index in [1.54, 1.807) is 0 Å². The number of aryl methyl sites for hydroxylation is 1. The monoisotopic (exact) mass is 239 g/mol. The molecule has 0 bridgehead atoms. The summed E-state index contributed by atoms with van der Waals surface area (Å²) >= 11 is 0. The lowest BCUT2D eigenvalue weighted by atomic mass is 9.94. The van der Waals surface area contributed by atoms with Crippen LogP contribution in [0.1, 0.15) is 32.3 Å². The van der Waals surface area contributed by atoms with Crippen LogP contribution in [-0.4, -0.2) is 28.0 Å². The van der Waals surface area contributed by atoms with Gasteiger partial charge in [-0.3, -0.25) is 4.68 Å². The van der Waals surface area contributed by atoms with Gasteiger partial charge in [-0.1, -0.05) is 13.8 Å². The Bertz CT molecular complexity index is 309. The fourth-order valence-corrected chi connectivity index (χ4v) is 2.14. The molecule has 0 fully saturated rings. The lowest BCUT2D eigenvalue weighted by molar-refractivity contribution is 0.239. The molecule has 1 heterocycles. The van der Waals surface area contributed by atoms with Crippen LogP contribution in [0.4, 0.5) is 0 Å². The smallest absolute Gasteiger partial charge is 0.0534 e. The van der Waals surface area contributed by atoms with Crippen molar-refractivity contribution in [1.29, 1.82) is 0 Å². The molecule has 1 rings (SSSR count). The summed E-state index contributed by atoms with van der Waals surface area (Å²) in [5.74, 6) is 1.25. The van der Waals surface area contributed by atoms with E-state index in [-0.39, 0.29) is 6.61 Å². The molecule has 4 nitrogen and oxygen atoms in total. The first-order chi connectivity index (χ1) is 8.11. The van der Waals surface area contributed by atoms with E-state index in [9.17, 15) is 0 Å². The fraction of sp³-hybridized carbons (Fsp3) is 0.769. The van der Waals surface area contributed by atoms with Crippen LogP contribution in [0.5, 0.6) is 0 Å². The summed E-state index contributed by atoms with van der Waals surface area (Å²) in [5, 5.41) is 16.6. The highest BCUT2D eigenvalue weighted by Gasteiger charge is 2.10. The largest absolute Gasteiger partial charge is 0.396 e. The third-order valence-corrected chi connectivity index (χ3v) is 2.86. The molecular weight excluding hydrogens is 214 g/mol. The second kappa shape index (κ2) is 7.45. The first-order valence-electron chi connectivity index (χ1n) is 6.41. The minimum absolute atomic E-state index is 0.284. The van der Waals surface area contributed by atoms with Crippen LogP contribution in [-0.2, 0) is 13.6 Å². The van der Waals surface area contributed by atoms with Gasteiger partial charge in [-0.05, 0) is 31.2 Å². The number of aliphatic hydroxyl groups excluding tert-OH is 1. The SMILES string of the molecule is CC(C)CC(CCO)CNCc1cnn(C)c1. The molecule has 0 aromatic carbocycles. The second-order valence-corrected chi connectivity index (χ2v) is 5.16. The standard InChI is InChI=1S/C13H25N3O/c1-11(2)6-12(4-5-17)7-14-8-13-9-15-16(3)10-13/h9-12,14,17H,4-8H2,1-3H3. The van der Waals surface area contributed by atoms with E-state index in [0.717, 1.165) is 19.5 Å². The highest BCUT2D eigenvalue weighted by molar-refractivity contribution is 5.02. The number of aliphatic hydroxyl groups is 1. The quantitative estimate of drug-likeness (QED) is 0.724. The van der Waals surface area contributed by atoms with Gasteiger partial charge in [-0.15, -0.1) is 0 Å². The maximum absolute atomic E-state index is 9.03. The van der Waals surface area contributed by atoms with Crippen molar-refractivity contribution in [2.75, 3.05) is 13.2 Å². The Hall–Kier alpha value is -0.870. The Morgan fingerprint density at radius 2 is 2.24 bits per heavy atom. The van der Waals surface area contributed by atoms with Gasteiger partial charge in [-0.2, -0.15) is 5.10 Å². The Balaban J connectivity index is 2.26. The van der Waals surface area contributed by atoms with Crippen molar-refractivity contribution in [3.8, 4) is 0 Å². The Kier molecular flexibility index (Phi) is 6.22. The molecule has 98 valence electrons. The van der Waals surface area contributed by atoms with E-state index in [1.165, 1.54) is 12.0 Å². The van der Waals surface area contributed by atoms with Crippen molar-refractivity contribution in [3.05, 3.63) is 18.0 Å². The van der Waals surface area contributed by atoms with E-state index in [1.807, 2.05) is 24.1 Å².